The van der Waals surface area contributed by atoms with E-state index in [-0.39, 0.29) is 0 Å². The minimum absolute atomic E-state index is 0.291. The first-order valence-corrected chi connectivity index (χ1v) is 10.6. The van der Waals surface area contributed by atoms with Gasteiger partial charge in [-0.25, -0.2) is 13.8 Å². The largest absolute Gasteiger partial charge is 0.489 e. The SMILES string of the molecule is COC(C1=C(OCC(F)F)C(OCc2ccc(Cl)cc2)CC=C1)c1c[nH]c2ncccc12. The Labute approximate surface area is 189 Å². The molecule has 0 bridgehead atoms. The van der Waals surface area contributed by atoms with Gasteiger partial charge in [0.2, 0.25) is 0 Å². The van der Waals surface area contributed by atoms with E-state index in [2.05, 4.69) is 9.97 Å². The van der Waals surface area contributed by atoms with E-state index in [4.69, 9.17) is 25.8 Å². The summed E-state index contributed by atoms with van der Waals surface area (Å²) in [5.41, 5.74) is 3.12. The maximum absolute atomic E-state index is 13.0. The van der Waals surface area contributed by atoms with Gasteiger partial charge in [-0.05, 0) is 36.2 Å². The van der Waals surface area contributed by atoms with Gasteiger partial charge in [-0.15, -0.1) is 0 Å². The Balaban J connectivity index is 1.66. The fourth-order valence-electron chi connectivity index (χ4n) is 3.78. The number of rotatable bonds is 9. The van der Waals surface area contributed by atoms with Crippen molar-refractivity contribution in [1.82, 2.24) is 9.97 Å². The van der Waals surface area contributed by atoms with Crippen molar-refractivity contribution in [3.05, 3.63) is 88.4 Å². The van der Waals surface area contributed by atoms with Crippen molar-refractivity contribution in [3.8, 4) is 0 Å². The standard InChI is InChI=1S/C24H23ClF2N2O3/c1-30-22(19-12-29-24-17(19)5-3-11-28-24)18-4-2-6-20(23(18)32-14-21(26)27)31-13-15-7-9-16(25)10-8-15/h2-5,7-12,20-22H,6,13-14H2,1H3,(H,28,29). The molecule has 1 N–H and O–H groups in total. The van der Waals surface area contributed by atoms with Crippen LogP contribution in [0.15, 0.2) is 72.3 Å². The molecule has 1 aromatic carbocycles. The van der Waals surface area contributed by atoms with Crippen molar-refractivity contribution in [2.75, 3.05) is 13.7 Å². The zero-order valence-corrected chi connectivity index (χ0v) is 18.2. The van der Waals surface area contributed by atoms with Crippen LogP contribution in [0.1, 0.15) is 23.7 Å². The highest BCUT2D eigenvalue weighted by Crippen LogP contribution is 2.37. The maximum Gasteiger partial charge on any atom is 0.272 e. The summed E-state index contributed by atoms with van der Waals surface area (Å²) >= 11 is 5.95. The van der Waals surface area contributed by atoms with Gasteiger partial charge in [0, 0.05) is 41.0 Å². The molecule has 0 saturated heterocycles. The van der Waals surface area contributed by atoms with E-state index in [0.717, 1.165) is 22.2 Å². The zero-order chi connectivity index (χ0) is 22.5. The summed E-state index contributed by atoms with van der Waals surface area (Å²) in [7, 11) is 1.57. The summed E-state index contributed by atoms with van der Waals surface area (Å²) in [5.74, 6) is 0.354. The first kappa shape index (κ1) is 22.5. The van der Waals surface area contributed by atoms with E-state index in [1.807, 2.05) is 42.6 Å². The molecule has 0 spiro atoms. The summed E-state index contributed by atoms with van der Waals surface area (Å²) in [6, 6.07) is 11.1. The highest BCUT2D eigenvalue weighted by atomic mass is 35.5. The van der Waals surface area contributed by atoms with Crippen molar-refractivity contribution in [1.29, 1.82) is 0 Å². The van der Waals surface area contributed by atoms with E-state index < -0.39 is 25.2 Å². The van der Waals surface area contributed by atoms with Gasteiger partial charge in [-0.2, -0.15) is 0 Å². The minimum Gasteiger partial charge on any atom is -0.489 e. The first-order chi connectivity index (χ1) is 15.6. The third kappa shape index (κ3) is 5.01. The number of H-pyrrole nitrogens is 1. The molecule has 0 fully saturated rings. The number of methoxy groups -OCH3 is 1. The monoisotopic (exact) mass is 460 g/mol. The van der Waals surface area contributed by atoms with Crippen molar-refractivity contribution < 1.29 is 23.0 Å². The van der Waals surface area contributed by atoms with Crippen molar-refractivity contribution >= 4 is 22.6 Å². The number of nitrogens with zero attached hydrogens (tertiary/aromatic N) is 1. The van der Waals surface area contributed by atoms with Crippen LogP contribution in [-0.2, 0) is 20.8 Å². The van der Waals surface area contributed by atoms with E-state index >= 15 is 0 Å². The van der Waals surface area contributed by atoms with Gasteiger partial charge >= 0.3 is 0 Å². The van der Waals surface area contributed by atoms with Gasteiger partial charge in [0.1, 0.15) is 30.2 Å². The molecular formula is C24H23ClF2N2O3. The molecule has 4 rings (SSSR count). The average Bonchev–Trinajstić information content (AvgIpc) is 3.22. The number of hydrogen-bond donors (Lipinski definition) is 1. The summed E-state index contributed by atoms with van der Waals surface area (Å²) in [6.07, 6.45) is 4.14. The normalized spacial score (nSPS) is 17.3. The summed E-state index contributed by atoms with van der Waals surface area (Å²) in [6.45, 7) is -0.432. The second-order valence-electron chi connectivity index (χ2n) is 7.35. The number of ether oxygens (including phenoxy) is 3. The third-order valence-corrected chi connectivity index (χ3v) is 5.49. The van der Waals surface area contributed by atoms with Crippen LogP contribution >= 0.6 is 11.6 Å². The Morgan fingerprint density at radius 3 is 2.78 bits per heavy atom. The molecule has 1 aliphatic carbocycles. The molecule has 3 aromatic rings. The Morgan fingerprint density at radius 1 is 1.22 bits per heavy atom. The molecular weight excluding hydrogens is 438 g/mol. The quantitative estimate of drug-likeness (QED) is 0.426. The molecule has 32 heavy (non-hydrogen) atoms. The van der Waals surface area contributed by atoms with Gasteiger partial charge in [-0.3, -0.25) is 0 Å². The van der Waals surface area contributed by atoms with Crippen LogP contribution in [0.4, 0.5) is 8.78 Å². The van der Waals surface area contributed by atoms with Gasteiger partial charge in [0.05, 0.1) is 6.61 Å². The molecule has 5 nitrogen and oxygen atoms in total. The predicted octanol–water partition coefficient (Wildman–Crippen LogP) is 5.98. The van der Waals surface area contributed by atoms with E-state index in [0.29, 0.717) is 29.4 Å². The van der Waals surface area contributed by atoms with Crippen LogP contribution < -0.4 is 0 Å². The van der Waals surface area contributed by atoms with Crippen LogP contribution in [-0.4, -0.2) is 36.2 Å². The fourth-order valence-corrected chi connectivity index (χ4v) is 3.90. The Morgan fingerprint density at radius 2 is 2.03 bits per heavy atom. The van der Waals surface area contributed by atoms with Crippen LogP contribution in [0, 0.1) is 0 Å². The zero-order valence-electron chi connectivity index (χ0n) is 17.4. The Kier molecular flexibility index (Phi) is 7.19. The molecule has 0 saturated carbocycles. The number of nitrogens with one attached hydrogen (secondary N) is 1. The fraction of sp³-hybridized carbons (Fsp3) is 0.292. The molecule has 2 atom stereocenters. The average molecular weight is 461 g/mol. The molecule has 0 aliphatic heterocycles. The second kappa shape index (κ2) is 10.3. The molecule has 2 unspecified atom stereocenters. The highest BCUT2D eigenvalue weighted by molar-refractivity contribution is 6.30. The number of aromatic nitrogens is 2. The lowest BCUT2D eigenvalue weighted by Gasteiger charge is -2.29. The predicted molar refractivity (Wildman–Crippen MR) is 119 cm³/mol. The minimum atomic E-state index is -2.61. The number of pyridine rings is 1. The maximum atomic E-state index is 13.0. The Hall–Kier alpha value is -2.74. The Bertz CT molecular complexity index is 1110. The number of halogens is 3. The van der Waals surface area contributed by atoms with Crippen LogP contribution in [0.25, 0.3) is 11.0 Å². The van der Waals surface area contributed by atoms with Gasteiger partial charge in [0.25, 0.3) is 6.43 Å². The van der Waals surface area contributed by atoms with Gasteiger partial charge < -0.3 is 19.2 Å². The molecule has 0 amide bonds. The summed E-state index contributed by atoms with van der Waals surface area (Å²) in [5, 5.41) is 1.52. The molecule has 0 radical (unpaired) electrons. The number of fused-ring (bicyclic) bond motifs is 1. The van der Waals surface area contributed by atoms with Crippen molar-refractivity contribution in [2.45, 2.75) is 31.7 Å². The molecule has 168 valence electrons. The number of aromatic amines is 1. The van der Waals surface area contributed by atoms with E-state index in [1.165, 1.54) is 0 Å². The number of benzene rings is 1. The second-order valence-corrected chi connectivity index (χ2v) is 7.78. The van der Waals surface area contributed by atoms with Gasteiger partial charge in [0.15, 0.2) is 0 Å². The smallest absolute Gasteiger partial charge is 0.272 e. The van der Waals surface area contributed by atoms with E-state index in [9.17, 15) is 8.78 Å². The lowest BCUT2D eigenvalue weighted by molar-refractivity contribution is -0.0141. The number of hydrogen-bond acceptors (Lipinski definition) is 4. The van der Waals surface area contributed by atoms with Crippen LogP contribution in [0.3, 0.4) is 0 Å². The number of alkyl halides is 2. The van der Waals surface area contributed by atoms with Crippen molar-refractivity contribution in [2.24, 2.45) is 0 Å². The summed E-state index contributed by atoms with van der Waals surface area (Å²) in [4.78, 5) is 7.45. The van der Waals surface area contributed by atoms with Crippen LogP contribution in [0.5, 0.6) is 0 Å². The molecule has 8 heteroatoms. The van der Waals surface area contributed by atoms with E-state index in [1.54, 1.807) is 25.4 Å². The van der Waals surface area contributed by atoms with Gasteiger partial charge in [-0.1, -0.05) is 35.9 Å². The highest BCUT2D eigenvalue weighted by Gasteiger charge is 2.30. The van der Waals surface area contributed by atoms with Crippen LogP contribution in [0.2, 0.25) is 5.02 Å². The lowest BCUT2D eigenvalue weighted by Crippen LogP contribution is -2.25. The lowest BCUT2D eigenvalue weighted by atomic mass is 9.93. The van der Waals surface area contributed by atoms with Crippen molar-refractivity contribution in [3.63, 3.8) is 0 Å². The molecule has 2 aromatic heterocycles. The topological polar surface area (TPSA) is 56.4 Å². The molecule has 2 heterocycles. The summed E-state index contributed by atoms with van der Waals surface area (Å²) < 4.78 is 43.6. The third-order valence-electron chi connectivity index (χ3n) is 5.24. The first-order valence-electron chi connectivity index (χ1n) is 10.2. The molecule has 1 aliphatic rings.